The van der Waals surface area contributed by atoms with E-state index in [9.17, 15) is 28.4 Å². The number of amides is 3. The number of piperidine rings is 1. The number of nitriles is 1. The van der Waals surface area contributed by atoms with Crippen molar-refractivity contribution in [2.45, 2.75) is 82.1 Å². The highest BCUT2D eigenvalue weighted by atomic mass is 19.3. The summed E-state index contributed by atoms with van der Waals surface area (Å²) in [5.41, 5.74) is 0.627. The van der Waals surface area contributed by atoms with Crippen LogP contribution in [0.25, 0.3) is 0 Å². The zero-order valence-corrected chi connectivity index (χ0v) is 23.2. The van der Waals surface area contributed by atoms with Gasteiger partial charge in [0.05, 0.1) is 12.1 Å². The lowest BCUT2D eigenvalue weighted by molar-refractivity contribution is -0.121. The maximum absolute atomic E-state index is 14.3. The van der Waals surface area contributed by atoms with Crippen LogP contribution in [0.5, 0.6) is 0 Å². The molecule has 0 bridgehead atoms. The van der Waals surface area contributed by atoms with Crippen LogP contribution in [0.2, 0.25) is 0 Å². The normalized spacial score (nSPS) is 28.9. The first kappa shape index (κ1) is 27.0. The monoisotopic (exact) mass is 582 g/mol. The summed E-state index contributed by atoms with van der Waals surface area (Å²) in [6, 6.07) is 1.83. The van der Waals surface area contributed by atoms with E-state index >= 15 is 0 Å². The summed E-state index contributed by atoms with van der Waals surface area (Å²) in [6.07, 6.45) is 5.47. The van der Waals surface area contributed by atoms with Gasteiger partial charge in [-0.1, -0.05) is 0 Å². The van der Waals surface area contributed by atoms with Crippen molar-refractivity contribution in [3.8, 4) is 6.07 Å². The summed E-state index contributed by atoms with van der Waals surface area (Å²) in [6.45, 7) is 0.258. The Balaban J connectivity index is 1.33. The number of ether oxygens (including phenoxy) is 1. The van der Waals surface area contributed by atoms with E-state index in [1.165, 1.54) is 6.07 Å². The average Bonchev–Trinajstić information content (AvgIpc) is 3.83. The standard InChI is InChI=1S/C28H32F2N8O4/c1-2-35-25-21(20(14-3-4-14)22(26(35)40)32-24(39)18-5-8-36(33-18)28(29)30)23(34-38(25)16-6-9-42-10-7-16)27(41)37-17(13-31)11-15-12-19(15)37/h5,8,14-17,19-20,22,28H,2-4,6-7,9-12H2,1H3,(H,32,39)/t15-,17-,19+,20-,22-/m0/s1. The number of alkyl halides is 2. The van der Waals surface area contributed by atoms with Crippen molar-refractivity contribution in [2.75, 3.05) is 24.7 Å². The van der Waals surface area contributed by atoms with Crippen molar-refractivity contribution in [2.24, 2.45) is 11.8 Å². The molecule has 2 saturated heterocycles. The molecule has 3 aliphatic heterocycles. The Bertz CT molecular complexity index is 1470. The van der Waals surface area contributed by atoms with E-state index in [0.29, 0.717) is 54.5 Å². The number of carbonyl (C=O) groups excluding carboxylic acids is 3. The van der Waals surface area contributed by atoms with Gasteiger partial charge in [0.2, 0.25) is 0 Å². The summed E-state index contributed by atoms with van der Waals surface area (Å²) >= 11 is 0. The number of hydrogen-bond acceptors (Lipinski definition) is 7. The van der Waals surface area contributed by atoms with Crippen LogP contribution in [0.4, 0.5) is 14.6 Å². The Morgan fingerprint density at radius 3 is 2.57 bits per heavy atom. The van der Waals surface area contributed by atoms with Crippen LogP contribution in [0.15, 0.2) is 12.3 Å². The lowest BCUT2D eigenvalue weighted by Gasteiger charge is -2.39. The predicted octanol–water partition coefficient (Wildman–Crippen LogP) is 2.61. The third-order valence-corrected chi connectivity index (χ3v) is 9.40. The molecule has 1 N–H and O–H groups in total. The zero-order chi connectivity index (χ0) is 29.3. The molecule has 0 unspecified atom stereocenters. The third-order valence-electron chi connectivity index (χ3n) is 9.40. The van der Waals surface area contributed by atoms with E-state index in [4.69, 9.17) is 9.84 Å². The quantitative estimate of drug-likeness (QED) is 0.530. The van der Waals surface area contributed by atoms with Gasteiger partial charge in [-0.2, -0.15) is 24.2 Å². The zero-order valence-electron chi connectivity index (χ0n) is 23.2. The van der Waals surface area contributed by atoms with Gasteiger partial charge in [0.15, 0.2) is 5.69 Å². The van der Waals surface area contributed by atoms with Gasteiger partial charge in [-0.15, -0.1) is 0 Å². The molecule has 2 aromatic heterocycles. The van der Waals surface area contributed by atoms with Gasteiger partial charge in [-0.25, -0.2) is 9.36 Å². The summed E-state index contributed by atoms with van der Waals surface area (Å²) < 4.78 is 34.0. The highest BCUT2D eigenvalue weighted by Crippen LogP contribution is 2.53. The second kappa shape index (κ2) is 10.1. The van der Waals surface area contributed by atoms with Crippen molar-refractivity contribution in [3.05, 3.63) is 29.2 Å². The number of likely N-dealkylation sites (tertiary alicyclic amines) is 1. The van der Waals surface area contributed by atoms with Gasteiger partial charge in [0.25, 0.3) is 17.7 Å². The van der Waals surface area contributed by atoms with Crippen LogP contribution in [0, 0.1) is 23.2 Å². The van der Waals surface area contributed by atoms with Gasteiger partial charge in [-0.05, 0) is 63.4 Å². The summed E-state index contributed by atoms with van der Waals surface area (Å²) in [7, 11) is 0. The number of carbonyl (C=O) groups is 3. The van der Waals surface area contributed by atoms with E-state index in [0.717, 1.165) is 25.5 Å². The molecule has 0 radical (unpaired) electrons. The molecule has 14 heteroatoms. The Morgan fingerprint density at radius 2 is 1.93 bits per heavy atom. The van der Waals surface area contributed by atoms with Crippen LogP contribution >= 0.6 is 0 Å². The molecule has 2 aliphatic carbocycles. The predicted molar refractivity (Wildman–Crippen MR) is 142 cm³/mol. The van der Waals surface area contributed by atoms with Gasteiger partial charge in [-0.3, -0.25) is 19.3 Å². The Morgan fingerprint density at radius 1 is 1.17 bits per heavy atom. The fourth-order valence-corrected chi connectivity index (χ4v) is 7.14. The lowest BCUT2D eigenvalue weighted by atomic mass is 9.82. The number of likely N-dealkylation sites (N-methyl/N-ethyl adjacent to an activating group) is 1. The molecular formula is C28H32F2N8O4. The first-order chi connectivity index (χ1) is 20.3. The number of nitrogens with zero attached hydrogens (tertiary/aromatic N) is 7. The fraction of sp³-hybridized carbons (Fsp3) is 0.643. The molecule has 0 spiro atoms. The molecule has 5 atom stereocenters. The highest BCUT2D eigenvalue weighted by molar-refractivity contribution is 6.07. The van der Waals surface area contributed by atoms with Crippen LogP contribution < -0.4 is 10.2 Å². The number of rotatable bonds is 7. The minimum absolute atomic E-state index is 0.0124. The van der Waals surface area contributed by atoms with E-state index in [2.05, 4.69) is 16.5 Å². The number of nitrogens with one attached hydrogen (secondary N) is 1. The maximum Gasteiger partial charge on any atom is 0.333 e. The summed E-state index contributed by atoms with van der Waals surface area (Å²) in [4.78, 5) is 44.9. The van der Waals surface area contributed by atoms with Crippen molar-refractivity contribution >= 4 is 23.5 Å². The third kappa shape index (κ3) is 4.28. The topological polar surface area (TPSA) is 138 Å². The molecule has 5 aliphatic rings. The molecule has 42 heavy (non-hydrogen) atoms. The van der Waals surface area contributed by atoms with E-state index in [-0.39, 0.29) is 47.7 Å². The van der Waals surface area contributed by atoms with E-state index in [1.54, 1.807) is 9.80 Å². The Kier molecular flexibility index (Phi) is 6.52. The van der Waals surface area contributed by atoms with Crippen molar-refractivity contribution in [3.63, 3.8) is 0 Å². The van der Waals surface area contributed by atoms with Crippen LogP contribution in [0.3, 0.4) is 0 Å². The number of fused-ring (bicyclic) bond motifs is 2. The molecule has 222 valence electrons. The van der Waals surface area contributed by atoms with Crippen molar-refractivity contribution < 1.29 is 27.9 Å². The second-order valence-electron chi connectivity index (χ2n) is 11.9. The van der Waals surface area contributed by atoms with Crippen molar-refractivity contribution in [1.29, 1.82) is 5.26 Å². The summed E-state index contributed by atoms with van der Waals surface area (Å²) in [5.74, 6) is -1.02. The molecule has 2 saturated carbocycles. The minimum atomic E-state index is -2.90. The molecule has 4 fully saturated rings. The molecule has 3 amide bonds. The SMILES string of the molecule is CCN1C(=O)[C@@H](NC(=O)c2ccn(C(F)F)n2)[C@@H](C2CC2)c2c(C(=O)N3[C@H](C#N)C[C@H]4C[C@H]43)nn(C3CCOCC3)c21. The highest BCUT2D eigenvalue weighted by Gasteiger charge is 2.57. The van der Waals surface area contributed by atoms with Crippen LogP contribution in [0.1, 0.15) is 90.5 Å². The molecule has 12 nitrogen and oxygen atoms in total. The number of anilines is 1. The number of aromatic nitrogens is 4. The van der Waals surface area contributed by atoms with Gasteiger partial charge < -0.3 is 15.0 Å². The first-order valence-electron chi connectivity index (χ1n) is 14.7. The summed E-state index contributed by atoms with van der Waals surface area (Å²) in [5, 5.41) is 21.2. The van der Waals surface area contributed by atoms with Gasteiger partial charge in [0, 0.05) is 43.5 Å². The average molecular weight is 583 g/mol. The molecular weight excluding hydrogens is 550 g/mol. The Labute approximate surface area is 240 Å². The second-order valence-corrected chi connectivity index (χ2v) is 11.9. The maximum atomic E-state index is 14.3. The minimum Gasteiger partial charge on any atom is -0.381 e. The lowest BCUT2D eigenvalue weighted by Crippen LogP contribution is -2.56. The van der Waals surface area contributed by atoms with Gasteiger partial charge in [0.1, 0.15) is 23.6 Å². The molecule has 7 rings (SSSR count). The molecule has 2 aromatic rings. The number of halogens is 2. The van der Waals surface area contributed by atoms with Crippen LogP contribution in [-0.2, 0) is 9.53 Å². The first-order valence-corrected chi connectivity index (χ1v) is 14.7. The molecule has 0 aromatic carbocycles. The van der Waals surface area contributed by atoms with Gasteiger partial charge >= 0.3 is 6.55 Å². The largest absolute Gasteiger partial charge is 0.381 e. The van der Waals surface area contributed by atoms with Crippen LogP contribution in [-0.4, -0.2) is 80.1 Å². The fourth-order valence-electron chi connectivity index (χ4n) is 7.14. The van der Waals surface area contributed by atoms with E-state index in [1.807, 2.05) is 11.6 Å². The Hall–Kier alpha value is -3.86. The number of hydrogen-bond donors (Lipinski definition) is 1. The van der Waals surface area contributed by atoms with Crippen molar-refractivity contribution in [1.82, 2.24) is 29.8 Å². The smallest absolute Gasteiger partial charge is 0.333 e. The molecule has 5 heterocycles. The van der Waals surface area contributed by atoms with E-state index < -0.39 is 30.5 Å².